The second-order valence-electron chi connectivity index (χ2n) is 8.15. The Hall–Kier alpha value is -2.65. The zero-order valence-corrected chi connectivity index (χ0v) is 21.4. The maximum Gasteiger partial charge on any atom is 0.250 e. The Kier molecular flexibility index (Phi) is 13.0. The van der Waals surface area contributed by atoms with Gasteiger partial charge in [-0.05, 0) is 62.5 Å². The molecule has 0 bridgehead atoms. The molecule has 0 fully saturated rings. The highest BCUT2D eigenvalue weighted by Crippen LogP contribution is 2.17. The van der Waals surface area contributed by atoms with Crippen LogP contribution in [0.25, 0.3) is 0 Å². The van der Waals surface area contributed by atoms with Crippen LogP contribution in [0.15, 0.2) is 53.7 Å². The molecule has 0 N–H and O–H groups in total. The third-order valence-corrected chi connectivity index (χ3v) is 6.22. The molecule has 0 unspecified atom stereocenters. The molecule has 0 spiro atoms. The van der Waals surface area contributed by atoms with Crippen LogP contribution < -0.4 is 9.64 Å². The van der Waals surface area contributed by atoms with Gasteiger partial charge >= 0.3 is 0 Å². The summed E-state index contributed by atoms with van der Waals surface area (Å²) in [5, 5.41) is 11.2. The molecule has 0 aliphatic carbocycles. The van der Waals surface area contributed by atoms with E-state index in [2.05, 4.69) is 45.0 Å². The molecule has 1 aromatic carbocycles. The largest absolute Gasteiger partial charge is 0.497 e. The molecule has 1 heterocycles. The Bertz CT molecular complexity index is 865. The number of hydrogen-bond acceptors (Lipinski definition) is 8. The normalized spacial score (nSPS) is 11.6. The molecule has 8 nitrogen and oxygen atoms in total. The fourth-order valence-electron chi connectivity index (χ4n) is 3.51. The van der Waals surface area contributed by atoms with Crippen LogP contribution in [0.5, 0.6) is 5.75 Å². The van der Waals surface area contributed by atoms with E-state index >= 15 is 0 Å². The molecular weight excluding hydrogens is 450 g/mol. The molecule has 9 heteroatoms. The Morgan fingerprint density at radius 3 is 2.50 bits per heavy atom. The van der Waals surface area contributed by atoms with Crippen molar-refractivity contribution in [1.29, 1.82) is 0 Å². The smallest absolute Gasteiger partial charge is 0.250 e. The van der Waals surface area contributed by atoms with Crippen molar-refractivity contribution in [2.24, 2.45) is 4.99 Å². The van der Waals surface area contributed by atoms with Gasteiger partial charge in [0.15, 0.2) is 0 Å². The van der Waals surface area contributed by atoms with E-state index in [1.807, 2.05) is 36.7 Å². The predicted octanol–water partition coefficient (Wildman–Crippen LogP) is 4.63. The molecule has 0 atom stereocenters. The standard InChI is InChI=1S/C25H37N5O3S/c1-28(17-9-5-4-7-16-27-25(34-3)21-30(31)32)18-19-29(24-10-6-8-15-26-24)20-22-11-13-23(33-2)14-12-22/h6,8,10-15H,4-5,7,9,16-21H2,1-3H3. The van der Waals surface area contributed by atoms with E-state index in [0.717, 1.165) is 63.4 Å². The number of methoxy groups -OCH3 is 1. The van der Waals surface area contributed by atoms with Crippen LogP contribution >= 0.6 is 11.8 Å². The van der Waals surface area contributed by atoms with Gasteiger partial charge in [-0.3, -0.25) is 15.1 Å². The molecule has 0 radical (unpaired) electrons. The van der Waals surface area contributed by atoms with Gasteiger partial charge in [0.1, 0.15) is 16.6 Å². The molecule has 1 aromatic heterocycles. The number of aliphatic imine (C=N–C) groups is 1. The summed E-state index contributed by atoms with van der Waals surface area (Å²) in [4.78, 5) is 23.9. The highest BCUT2D eigenvalue weighted by Gasteiger charge is 2.10. The lowest BCUT2D eigenvalue weighted by molar-refractivity contribution is -0.462. The lowest BCUT2D eigenvalue weighted by Crippen LogP contribution is -2.34. The van der Waals surface area contributed by atoms with Gasteiger partial charge in [0.25, 0.3) is 6.54 Å². The molecule has 0 amide bonds. The van der Waals surface area contributed by atoms with Crippen molar-refractivity contribution in [3.8, 4) is 5.75 Å². The van der Waals surface area contributed by atoms with Crippen LogP contribution in [0.4, 0.5) is 5.82 Å². The maximum atomic E-state index is 10.6. The first-order chi connectivity index (χ1) is 16.5. The zero-order valence-electron chi connectivity index (χ0n) is 20.6. The summed E-state index contributed by atoms with van der Waals surface area (Å²) in [5.41, 5.74) is 1.22. The lowest BCUT2D eigenvalue weighted by atomic mass is 10.2. The Morgan fingerprint density at radius 2 is 1.85 bits per heavy atom. The number of pyridine rings is 1. The Balaban J connectivity index is 1.72. The van der Waals surface area contributed by atoms with Crippen molar-refractivity contribution in [3.63, 3.8) is 0 Å². The van der Waals surface area contributed by atoms with Gasteiger partial charge < -0.3 is 14.5 Å². The molecule has 2 aromatic rings. The quantitative estimate of drug-likeness (QED) is 0.112. The minimum Gasteiger partial charge on any atom is -0.497 e. The highest BCUT2D eigenvalue weighted by molar-refractivity contribution is 8.13. The average molecular weight is 488 g/mol. The van der Waals surface area contributed by atoms with Crippen molar-refractivity contribution in [1.82, 2.24) is 9.88 Å². The Morgan fingerprint density at radius 1 is 1.09 bits per heavy atom. The van der Waals surface area contributed by atoms with Crippen LogP contribution in [0, 0.1) is 10.1 Å². The number of hydrogen-bond donors (Lipinski definition) is 0. The number of thioether (sulfide) groups is 1. The van der Waals surface area contributed by atoms with Crippen LogP contribution in [-0.4, -0.2) is 73.0 Å². The fourth-order valence-corrected chi connectivity index (χ4v) is 3.97. The predicted molar refractivity (Wildman–Crippen MR) is 142 cm³/mol. The summed E-state index contributed by atoms with van der Waals surface area (Å²) >= 11 is 1.37. The first kappa shape index (κ1) is 27.6. The van der Waals surface area contributed by atoms with Gasteiger partial charge in [0, 0.05) is 37.3 Å². The van der Waals surface area contributed by atoms with Gasteiger partial charge in [-0.25, -0.2) is 4.98 Å². The van der Waals surface area contributed by atoms with Crippen LogP contribution in [0.3, 0.4) is 0 Å². The SMILES string of the molecule is COc1ccc(CN(CCN(C)CCCCCCN=C(C[N+](=O)[O-])SC)c2ccccn2)cc1. The second-order valence-corrected chi connectivity index (χ2v) is 9.02. The third-order valence-electron chi connectivity index (χ3n) is 5.49. The summed E-state index contributed by atoms with van der Waals surface area (Å²) < 4.78 is 5.27. The van der Waals surface area contributed by atoms with E-state index in [4.69, 9.17) is 4.74 Å². The maximum absolute atomic E-state index is 10.6. The molecule has 0 saturated heterocycles. The molecule has 0 saturated carbocycles. The van der Waals surface area contributed by atoms with Crippen molar-refractivity contribution in [2.75, 3.05) is 58.0 Å². The van der Waals surface area contributed by atoms with Gasteiger partial charge in [-0.1, -0.05) is 31.0 Å². The fraction of sp³-hybridized carbons (Fsp3) is 0.520. The number of likely N-dealkylation sites (N-methyl/N-ethyl adjacent to an activating group) is 1. The zero-order chi connectivity index (χ0) is 24.6. The van der Waals surface area contributed by atoms with Crippen molar-refractivity contribution < 1.29 is 9.66 Å². The first-order valence-electron chi connectivity index (χ1n) is 11.7. The van der Waals surface area contributed by atoms with Gasteiger partial charge in [-0.2, -0.15) is 0 Å². The van der Waals surface area contributed by atoms with Crippen molar-refractivity contribution in [2.45, 2.75) is 32.2 Å². The van der Waals surface area contributed by atoms with Crippen LogP contribution in [-0.2, 0) is 6.54 Å². The highest BCUT2D eigenvalue weighted by atomic mass is 32.2. The summed E-state index contributed by atoms with van der Waals surface area (Å²) in [7, 11) is 3.84. The van der Waals surface area contributed by atoms with E-state index in [1.54, 1.807) is 7.11 Å². The minimum atomic E-state index is -0.322. The van der Waals surface area contributed by atoms with Crippen molar-refractivity contribution >= 4 is 22.6 Å². The molecule has 34 heavy (non-hydrogen) atoms. The first-order valence-corrected chi connectivity index (χ1v) is 12.9. The number of anilines is 1. The second kappa shape index (κ2) is 16.1. The number of aromatic nitrogens is 1. The molecule has 186 valence electrons. The summed E-state index contributed by atoms with van der Waals surface area (Å²) in [5.74, 6) is 1.84. The number of ether oxygens (including phenoxy) is 1. The van der Waals surface area contributed by atoms with E-state index in [1.165, 1.54) is 17.3 Å². The number of nitrogens with zero attached hydrogens (tertiary/aromatic N) is 5. The van der Waals surface area contributed by atoms with Crippen molar-refractivity contribution in [3.05, 3.63) is 64.3 Å². The topological polar surface area (TPSA) is 84.1 Å². The number of benzene rings is 1. The van der Waals surface area contributed by atoms with E-state index in [0.29, 0.717) is 11.6 Å². The minimum absolute atomic E-state index is 0.167. The molecule has 0 aliphatic heterocycles. The van der Waals surface area contributed by atoms with E-state index in [-0.39, 0.29) is 11.5 Å². The lowest BCUT2D eigenvalue weighted by Gasteiger charge is -2.27. The monoisotopic (exact) mass is 487 g/mol. The number of nitro groups is 1. The van der Waals surface area contributed by atoms with E-state index in [9.17, 15) is 10.1 Å². The molecule has 0 aliphatic rings. The summed E-state index contributed by atoms with van der Waals surface area (Å²) in [6.45, 7) is 4.18. The summed E-state index contributed by atoms with van der Waals surface area (Å²) in [6, 6.07) is 14.2. The summed E-state index contributed by atoms with van der Waals surface area (Å²) in [6.07, 6.45) is 8.01. The van der Waals surface area contributed by atoms with Gasteiger partial charge in [0.05, 0.1) is 7.11 Å². The molecule has 2 rings (SSSR count). The van der Waals surface area contributed by atoms with Gasteiger partial charge in [0.2, 0.25) is 0 Å². The number of unbranched alkanes of at least 4 members (excludes halogenated alkanes) is 3. The number of rotatable bonds is 16. The Labute approximate surface area is 207 Å². The molecular formula is C25H37N5O3S. The van der Waals surface area contributed by atoms with Gasteiger partial charge in [-0.15, -0.1) is 11.8 Å². The van der Waals surface area contributed by atoms with Crippen LogP contribution in [0.2, 0.25) is 0 Å². The van der Waals surface area contributed by atoms with E-state index < -0.39 is 0 Å². The average Bonchev–Trinajstić information content (AvgIpc) is 2.85. The van der Waals surface area contributed by atoms with Crippen LogP contribution in [0.1, 0.15) is 31.2 Å². The third kappa shape index (κ3) is 11.0.